The lowest BCUT2D eigenvalue weighted by Crippen LogP contribution is -2.01. The molecular weight excluding hydrogens is 195 g/mol. The first-order valence-electron chi connectivity index (χ1n) is 4.55. The lowest BCUT2D eigenvalue weighted by atomic mass is 10.2. The third-order valence-electron chi connectivity index (χ3n) is 2.08. The Morgan fingerprint density at radius 2 is 2.20 bits per heavy atom. The van der Waals surface area contributed by atoms with Crippen LogP contribution < -0.4 is 11.1 Å². The predicted octanol–water partition coefficient (Wildman–Crippen LogP) is 2.61. The van der Waals surface area contributed by atoms with Crippen LogP contribution in [0.3, 0.4) is 0 Å². The number of nitrogens with one attached hydrogen (secondary N) is 1. The van der Waals surface area contributed by atoms with Gasteiger partial charge in [0.2, 0.25) is 0 Å². The standard InChI is InChI=1S/C11H11FN2O/c12-9-1-2-10(13)11(5-9)14-6-8-3-4-15-7-8/h1-5,7,14H,6,13H2. The number of nitrogen functional groups attached to an aromatic ring is 1. The molecule has 0 aliphatic rings. The van der Waals surface area contributed by atoms with Crippen molar-refractivity contribution in [3.05, 3.63) is 48.2 Å². The zero-order valence-electron chi connectivity index (χ0n) is 8.03. The van der Waals surface area contributed by atoms with E-state index in [1.54, 1.807) is 12.5 Å². The van der Waals surface area contributed by atoms with Gasteiger partial charge in [0.1, 0.15) is 5.82 Å². The Balaban J connectivity index is 2.07. The Bertz CT molecular complexity index is 440. The molecule has 1 heterocycles. The van der Waals surface area contributed by atoms with E-state index in [9.17, 15) is 4.39 Å². The van der Waals surface area contributed by atoms with Crippen molar-refractivity contribution in [1.82, 2.24) is 0 Å². The molecule has 1 aromatic carbocycles. The molecule has 3 N–H and O–H groups in total. The molecule has 78 valence electrons. The predicted molar refractivity (Wildman–Crippen MR) is 56.8 cm³/mol. The molecule has 0 bridgehead atoms. The minimum Gasteiger partial charge on any atom is -0.472 e. The highest BCUT2D eigenvalue weighted by Gasteiger charge is 2.01. The summed E-state index contributed by atoms with van der Waals surface area (Å²) in [5.41, 5.74) is 7.78. The molecule has 0 radical (unpaired) electrons. The average Bonchev–Trinajstić information content (AvgIpc) is 2.72. The molecule has 15 heavy (non-hydrogen) atoms. The monoisotopic (exact) mass is 206 g/mol. The third-order valence-corrected chi connectivity index (χ3v) is 2.08. The van der Waals surface area contributed by atoms with E-state index in [-0.39, 0.29) is 5.82 Å². The van der Waals surface area contributed by atoms with Crippen LogP contribution in [0.15, 0.2) is 41.2 Å². The Morgan fingerprint density at radius 3 is 2.93 bits per heavy atom. The lowest BCUT2D eigenvalue weighted by molar-refractivity contribution is 0.564. The van der Waals surface area contributed by atoms with Crippen LogP contribution >= 0.6 is 0 Å². The van der Waals surface area contributed by atoms with E-state index in [2.05, 4.69) is 5.32 Å². The topological polar surface area (TPSA) is 51.2 Å². The zero-order valence-corrected chi connectivity index (χ0v) is 8.03. The van der Waals surface area contributed by atoms with Gasteiger partial charge in [-0.2, -0.15) is 0 Å². The van der Waals surface area contributed by atoms with E-state index >= 15 is 0 Å². The van der Waals surface area contributed by atoms with Crippen LogP contribution in [0.4, 0.5) is 15.8 Å². The quantitative estimate of drug-likeness (QED) is 0.759. The van der Waals surface area contributed by atoms with E-state index in [0.717, 1.165) is 5.56 Å². The van der Waals surface area contributed by atoms with Gasteiger partial charge in [0, 0.05) is 12.1 Å². The lowest BCUT2D eigenvalue weighted by Gasteiger charge is -2.07. The van der Waals surface area contributed by atoms with Crippen molar-refractivity contribution in [2.24, 2.45) is 0 Å². The van der Waals surface area contributed by atoms with Crippen molar-refractivity contribution >= 4 is 11.4 Å². The van der Waals surface area contributed by atoms with Crippen molar-refractivity contribution in [2.75, 3.05) is 11.1 Å². The molecule has 0 saturated heterocycles. The molecule has 0 unspecified atom stereocenters. The van der Waals surface area contributed by atoms with Gasteiger partial charge in [-0.15, -0.1) is 0 Å². The summed E-state index contributed by atoms with van der Waals surface area (Å²) in [5, 5.41) is 3.03. The molecule has 2 aromatic rings. The third kappa shape index (κ3) is 2.28. The number of hydrogen-bond acceptors (Lipinski definition) is 3. The van der Waals surface area contributed by atoms with Gasteiger partial charge in [0.05, 0.1) is 23.9 Å². The van der Waals surface area contributed by atoms with Gasteiger partial charge in [0.25, 0.3) is 0 Å². The van der Waals surface area contributed by atoms with Crippen LogP contribution in [-0.2, 0) is 6.54 Å². The number of halogens is 1. The second kappa shape index (κ2) is 4.04. The molecule has 4 heteroatoms. The Hall–Kier alpha value is -1.97. The van der Waals surface area contributed by atoms with Crippen molar-refractivity contribution in [2.45, 2.75) is 6.54 Å². The number of rotatable bonds is 3. The minimum atomic E-state index is -0.307. The number of anilines is 2. The van der Waals surface area contributed by atoms with E-state index in [1.807, 2.05) is 6.07 Å². The molecule has 2 rings (SSSR count). The van der Waals surface area contributed by atoms with Gasteiger partial charge in [-0.3, -0.25) is 0 Å². The van der Waals surface area contributed by atoms with Crippen molar-refractivity contribution in [3.63, 3.8) is 0 Å². The summed E-state index contributed by atoms with van der Waals surface area (Å²) in [6, 6.07) is 6.07. The molecule has 0 spiro atoms. The number of furan rings is 1. The van der Waals surface area contributed by atoms with E-state index in [4.69, 9.17) is 10.2 Å². The van der Waals surface area contributed by atoms with Crippen LogP contribution in [0.1, 0.15) is 5.56 Å². The van der Waals surface area contributed by atoms with Gasteiger partial charge in [0.15, 0.2) is 0 Å². The summed E-state index contributed by atoms with van der Waals surface area (Å²) in [6.07, 6.45) is 3.22. The van der Waals surface area contributed by atoms with Gasteiger partial charge in [-0.1, -0.05) is 0 Å². The maximum absolute atomic E-state index is 12.9. The molecule has 3 nitrogen and oxygen atoms in total. The summed E-state index contributed by atoms with van der Waals surface area (Å²) in [4.78, 5) is 0. The highest BCUT2D eigenvalue weighted by atomic mass is 19.1. The minimum absolute atomic E-state index is 0.307. The Morgan fingerprint density at radius 1 is 1.33 bits per heavy atom. The summed E-state index contributed by atoms with van der Waals surface area (Å²) in [5.74, 6) is -0.307. The normalized spacial score (nSPS) is 10.2. The van der Waals surface area contributed by atoms with Gasteiger partial charge < -0.3 is 15.5 Å². The fourth-order valence-electron chi connectivity index (χ4n) is 1.27. The SMILES string of the molecule is Nc1ccc(F)cc1NCc1ccoc1. The summed E-state index contributed by atoms with van der Waals surface area (Å²) in [7, 11) is 0. The Kier molecular flexibility index (Phi) is 2.58. The highest BCUT2D eigenvalue weighted by molar-refractivity contribution is 5.65. The molecule has 0 aliphatic heterocycles. The van der Waals surface area contributed by atoms with Gasteiger partial charge >= 0.3 is 0 Å². The molecule has 0 fully saturated rings. The van der Waals surface area contributed by atoms with Crippen LogP contribution in [-0.4, -0.2) is 0 Å². The fraction of sp³-hybridized carbons (Fsp3) is 0.0909. The van der Waals surface area contributed by atoms with Crippen molar-refractivity contribution < 1.29 is 8.81 Å². The Labute approximate surface area is 86.7 Å². The maximum atomic E-state index is 12.9. The van der Waals surface area contributed by atoms with Crippen molar-refractivity contribution in [3.8, 4) is 0 Å². The first-order chi connectivity index (χ1) is 7.25. The van der Waals surface area contributed by atoms with E-state index in [0.29, 0.717) is 17.9 Å². The van der Waals surface area contributed by atoms with Gasteiger partial charge in [-0.05, 0) is 24.3 Å². The maximum Gasteiger partial charge on any atom is 0.125 e. The van der Waals surface area contributed by atoms with Crippen LogP contribution in [0, 0.1) is 5.82 Å². The first-order valence-corrected chi connectivity index (χ1v) is 4.55. The van der Waals surface area contributed by atoms with E-state index in [1.165, 1.54) is 18.2 Å². The smallest absolute Gasteiger partial charge is 0.125 e. The number of nitrogens with two attached hydrogens (primary N) is 1. The molecule has 0 atom stereocenters. The van der Waals surface area contributed by atoms with Crippen LogP contribution in [0.2, 0.25) is 0 Å². The largest absolute Gasteiger partial charge is 0.472 e. The molecule has 0 aliphatic carbocycles. The van der Waals surface area contributed by atoms with Crippen LogP contribution in [0.5, 0.6) is 0 Å². The molecule has 1 aromatic heterocycles. The van der Waals surface area contributed by atoms with Crippen molar-refractivity contribution in [1.29, 1.82) is 0 Å². The average molecular weight is 206 g/mol. The summed E-state index contributed by atoms with van der Waals surface area (Å²) >= 11 is 0. The second-order valence-electron chi connectivity index (χ2n) is 3.22. The van der Waals surface area contributed by atoms with E-state index < -0.39 is 0 Å². The summed E-state index contributed by atoms with van der Waals surface area (Å²) < 4.78 is 17.8. The first kappa shape index (κ1) is 9.58. The number of hydrogen-bond donors (Lipinski definition) is 2. The number of benzene rings is 1. The molecular formula is C11H11FN2O. The second-order valence-corrected chi connectivity index (χ2v) is 3.22. The molecule has 0 amide bonds. The fourth-order valence-corrected chi connectivity index (χ4v) is 1.27. The molecule has 0 saturated carbocycles. The van der Waals surface area contributed by atoms with Gasteiger partial charge in [-0.25, -0.2) is 4.39 Å². The van der Waals surface area contributed by atoms with Crippen LogP contribution in [0.25, 0.3) is 0 Å². The highest BCUT2D eigenvalue weighted by Crippen LogP contribution is 2.19. The zero-order chi connectivity index (χ0) is 10.7. The summed E-state index contributed by atoms with van der Waals surface area (Å²) in [6.45, 7) is 0.560.